The first-order valence-corrected chi connectivity index (χ1v) is 20.4. The number of nitrogens with zero attached hydrogens (tertiary/aromatic N) is 1. The van der Waals surface area contributed by atoms with Gasteiger partial charge in [0, 0.05) is 37.2 Å². The molecule has 0 aliphatic heterocycles. The summed E-state index contributed by atoms with van der Waals surface area (Å²) < 4.78 is 2.68. The number of hydrogen-bond acceptors (Lipinski definition) is 2. The van der Waals surface area contributed by atoms with E-state index in [-0.39, 0.29) is 0 Å². The molecule has 1 aliphatic carbocycles. The van der Waals surface area contributed by atoms with Gasteiger partial charge < -0.3 is 4.90 Å². The number of rotatable bonds is 7. The minimum absolute atomic E-state index is 0.467. The molecule has 268 valence electrons. The van der Waals surface area contributed by atoms with Gasteiger partial charge in [-0.1, -0.05) is 182 Å². The highest BCUT2D eigenvalue weighted by atomic mass is 32.1. The number of anilines is 3. The van der Waals surface area contributed by atoms with Crippen LogP contribution in [0.3, 0.4) is 0 Å². The van der Waals surface area contributed by atoms with Gasteiger partial charge in [0.25, 0.3) is 0 Å². The first-order valence-electron chi connectivity index (χ1n) is 19.6. The van der Waals surface area contributed by atoms with Crippen LogP contribution in [0.4, 0.5) is 17.1 Å². The Kier molecular flexibility index (Phi) is 7.98. The molecule has 10 aromatic rings. The molecule has 2 heteroatoms. The highest BCUT2D eigenvalue weighted by Gasteiger charge is 2.46. The van der Waals surface area contributed by atoms with E-state index in [1.54, 1.807) is 0 Å². The summed E-state index contributed by atoms with van der Waals surface area (Å²) in [6, 6.07) is 82.3. The summed E-state index contributed by atoms with van der Waals surface area (Å²) >= 11 is 1.88. The molecule has 0 radical (unpaired) electrons. The second-order valence-corrected chi connectivity index (χ2v) is 15.9. The second-order valence-electron chi connectivity index (χ2n) is 14.8. The SMILES string of the molecule is c1ccc(N(c2ccc(-c3ccc(-c4cccc5c4sc4ccccc45)cc3)cc2)c2ccc3c(c2)C(c2ccccc2)(c2ccccc2)c2ccccc2-3)cc1. The monoisotopic (exact) mass is 743 g/mol. The molecular formula is C55H37NS. The van der Waals surface area contributed by atoms with Crippen LogP contribution in [-0.2, 0) is 5.41 Å². The molecule has 0 fully saturated rings. The Morgan fingerprint density at radius 3 is 1.56 bits per heavy atom. The number of fused-ring (bicyclic) bond motifs is 6. The van der Waals surface area contributed by atoms with E-state index in [4.69, 9.17) is 0 Å². The predicted octanol–water partition coefficient (Wildman–Crippen LogP) is 15.2. The molecular weight excluding hydrogens is 707 g/mol. The summed E-state index contributed by atoms with van der Waals surface area (Å²) in [7, 11) is 0. The molecule has 1 heterocycles. The van der Waals surface area contributed by atoms with Gasteiger partial charge in [0.05, 0.1) is 5.41 Å². The molecule has 11 rings (SSSR count). The molecule has 1 nitrogen and oxygen atoms in total. The van der Waals surface area contributed by atoms with E-state index in [0.29, 0.717) is 0 Å². The topological polar surface area (TPSA) is 3.24 Å². The van der Waals surface area contributed by atoms with Crippen molar-refractivity contribution in [2.24, 2.45) is 0 Å². The van der Waals surface area contributed by atoms with Gasteiger partial charge in [-0.3, -0.25) is 0 Å². The third-order valence-electron chi connectivity index (χ3n) is 11.8. The van der Waals surface area contributed by atoms with Gasteiger partial charge in [0.2, 0.25) is 0 Å². The largest absolute Gasteiger partial charge is 0.310 e. The van der Waals surface area contributed by atoms with Gasteiger partial charge in [-0.05, 0) is 98.1 Å². The zero-order chi connectivity index (χ0) is 37.8. The number of thiophene rings is 1. The van der Waals surface area contributed by atoms with Crippen LogP contribution in [0, 0.1) is 0 Å². The van der Waals surface area contributed by atoms with Crippen molar-refractivity contribution in [1.82, 2.24) is 0 Å². The maximum Gasteiger partial charge on any atom is 0.0714 e. The summed E-state index contributed by atoms with van der Waals surface area (Å²) in [4.78, 5) is 2.39. The number of para-hydroxylation sites is 1. The second kappa shape index (κ2) is 13.6. The van der Waals surface area contributed by atoms with Crippen molar-refractivity contribution in [3.8, 4) is 33.4 Å². The van der Waals surface area contributed by atoms with E-state index in [1.165, 1.54) is 75.8 Å². The third kappa shape index (κ3) is 5.37. The van der Waals surface area contributed by atoms with Crippen molar-refractivity contribution in [1.29, 1.82) is 0 Å². The van der Waals surface area contributed by atoms with E-state index < -0.39 is 5.41 Å². The van der Waals surface area contributed by atoms with Crippen molar-refractivity contribution in [2.45, 2.75) is 5.41 Å². The normalized spacial score (nSPS) is 12.7. The molecule has 0 unspecified atom stereocenters. The van der Waals surface area contributed by atoms with Crippen LogP contribution in [-0.4, -0.2) is 0 Å². The maximum absolute atomic E-state index is 2.44. The van der Waals surface area contributed by atoms with Crippen LogP contribution in [0.15, 0.2) is 224 Å². The van der Waals surface area contributed by atoms with E-state index in [1.807, 2.05) is 11.3 Å². The van der Waals surface area contributed by atoms with Crippen LogP contribution < -0.4 is 4.90 Å². The summed E-state index contributed by atoms with van der Waals surface area (Å²) in [5, 5.41) is 2.66. The van der Waals surface area contributed by atoms with Crippen LogP contribution in [0.1, 0.15) is 22.3 Å². The fourth-order valence-electron chi connectivity index (χ4n) is 9.22. The maximum atomic E-state index is 2.44. The van der Waals surface area contributed by atoms with E-state index in [0.717, 1.165) is 17.1 Å². The fraction of sp³-hybridized carbons (Fsp3) is 0.0182. The van der Waals surface area contributed by atoms with Crippen molar-refractivity contribution < 1.29 is 0 Å². The van der Waals surface area contributed by atoms with Gasteiger partial charge in [-0.15, -0.1) is 11.3 Å². The summed E-state index contributed by atoms with van der Waals surface area (Å²) in [5.41, 5.74) is 15.5. The number of benzene rings is 9. The minimum atomic E-state index is -0.467. The van der Waals surface area contributed by atoms with E-state index in [2.05, 4.69) is 229 Å². The molecule has 1 aromatic heterocycles. The predicted molar refractivity (Wildman–Crippen MR) is 242 cm³/mol. The van der Waals surface area contributed by atoms with Crippen LogP contribution >= 0.6 is 11.3 Å². The Balaban J connectivity index is 1.00. The lowest BCUT2D eigenvalue weighted by molar-refractivity contribution is 0.768. The lowest BCUT2D eigenvalue weighted by Gasteiger charge is -2.35. The Labute approximate surface area is 337 Å². The zero-order valence-corrected chi connectivity index (χ0v) is 32.0. The molecule has 0 saturated carbocycles. The average molecular weight is 744 g/mol. The summed E-state index contributed by atoms with van der Waals surface area (Å²) in [6.45, 7) is 0. The fourth-order valence-corrected chi connectivity index (χ4v) is 10.5. The Morgan fingerprint density at radius 1 is 0.333 bits per heavy atom. The first-order chi connectivity index (χ1) is 28.3. The smallest absolute Gasteiger partial charge is 0.0714 e. The molecule has 0 atom stereocenters. The molecule has 57 heavy (non-hydrogen) atoms. The third-order valence-corrected chi connectivity index (χ3v) is 13.0. The highest BCUT2D eigenvalue weighted by molar-refractivity contribution is 7.26. The van der Waals surface area contributed by atoms with E-state index >= 15 is 0 Å². The lowest BCUT2D eigenvalue weighted by atomic mass is 9.67. The van der Waals surface area contributed by atoms with Gasteiger partial charge in [-0.25, -0.2) is 0 Å². The van der Waals surface area contributed by atoms with Crippen molar-refractivity contribution in [2.75, 3.05) is 4.90 Å². The van der Waals surface area contributed by atoms with Crippen LogP contribution in [0.25, 0.3) is 53.6 Å². The van der Waals surface area contributed by atoms with Gasteiger partial charge in [-0.2, -0.15) is 0 Å². The average Bonchev–Trinajstić information content (AvgIpc) is 3.82. The molecule has 0 amide bonds. The first kappa shape index (κ1) is 33.3. The minimum Gasteiger partial charge on any atom is -0.310 e. The van der Waals surface area contributed by atoms with Gasteiger partial charge >= 0.3 is 0 Å². The standard InChI is InChI=1S/C55H37NS/c1-4-15-41(16-5-1)55(42-17-6-2-7-18-42)51-25-12-10-21-47(51)48-36-35-45(37-52(48)55)56(43-19-8-3-9-20-43)44-33-31-39(32-34-44)38-27-29-40(30-28-38)46-23-14-24-50-49-22-11-13-26-53(49)57-54(46)50/h1-37H. The van der Waals surface area contributed by atoms with Crippen molar-refractivity contribution >= 4 is 48.6 Å². The van der Waals surface area contributed by atoms with Crippen molar-refractivity contribution in [3.63, 3.8) is 0 Å². The van der Waals surface area contributed by atoms with Crippen LogP contribution in [0.2, 0.25) is 0 Å². The molecule has 0 saturated heterocycles. The highest BCUT2D eigenvalue weighted by Crippen LogP contribution is 2.57. The van der Waals surface area contributed by atoms with Crippen LogP contribution in [0.5, 0.6) is 0 Å². The molecule has 0 bridgehead atoms. The summed E-state index contributed by atoms with van der Waals surface area (Å²) in [6.07, 6.45) is 0. The number of hydrogen-bond donors (Lipinski definition) is 0. The van der Waals surface area contributed by atoms with Gasteiger partial charge in [0.15, 0.2) is 0 Å². The quantitative estimate of drug-likeness (QED) is 0.157. The Morgan fingerprint density at radius 2 is 0.842 bits per heavy atom. The zero-order valence-electron chi connectivity index (χ0n) is 31.2. The van der Waals surface area contributed by atoms with E-state index in [9.17, 15) is 0 Å². The lowest BCUT2D eigenvalue weighted by Crippen LogP contribution is -2.28. The van der Waals surface area contributed by atoms with Crippen molar-refractivity contribution in [3.05, 3.63) is 247 Å². The molecule has 0 N–H and O–H groups in total. The Hall–Kier alpha value is -7.00. The molecule has 1 aliphatic rings. The molecule has 0 spiro atoms. The summed E-state index contributed by atoms with van der Waals surface area (Å²) in [5.74, 6) is 0. The van der Waals surface area contributed by atoms with Gasteiger partial charge in [0.1, 0.15) is 0 Å². The molecule has 9 aromatic carbocycles. The Bertz CT molecular complexity index is 3000.